The van der Waals surface area contributed by atoms with Crippen molar-refractivity contribution in [2.24, 2.45) is 4.99 Å². The molecule has 0 unspecified atom stereocenters. The number of aliphatic imine (C=N–C) groups is 1. The van der Waals surface area contributed by atoms with E-state index in [1.54, 1.807) is 7.11 Å². The Morgan fingerprint density at radius 3 is 2.95 bits per heavy atom. The molecule has 6 heteroatoms. The van der Waals surface area contributed by atoms with Crippen molar-refractivity contribution in [1.82, 2.24) is 15.5 Å². The first-order chi connectivity index (χ1) is 10.3. The number of carbonyl (C=O) groups excluding carboxylic acids is 1. The van der Waals surface area contributed by atoms with Crippen LogP contribution in [0.2, 0.25) is 0 Å². The lowest BCUT2D eigenvalue weighted by Crippen LogP contribution is -2.39. The van der Waals surface area contributed by atoms with E-state index in [9.17, 15) is 4.79 Å². The minimum atomic E-state index is 0.307. The smallest absolute Gasteiger partial charge is 0.222 e. The van der Waals surface area contributed by atoms with Gasteiger partial charge in [-0.1, -0.05) is 6.42 Å². The molecule has 0 radical (unpaired) electrons. The van der Waals surface area contributed by atoms with E-state index in [1.807, 2.05) is 11.8 Å². The van der Waals surface area contributed by atoms with Gasteiger partial charge in [-0.15, -0.1) is 0 Å². The van der Waals surface area contributed by atoms with Gasteiger partial charge < -0.3 is 20.3 Å². The first-order valence-corrected chi connectivity index (χ1v) is 8.06. The third-order valence-corrected chi connectivity index (χ3v) is 3.47. The van der Waals surface area contributed by atoms with Gasteiger partial charge in [0.2, 0.25) is 5.91 Å². The van der Waals surface area contributed by atoms with Crippen LogP contribution in [-0.4, -0.2) is 63.2 Å². The normalized spacial score (nSPS) is 16.8. The Bertz CT molecular complexity index is 321. The lowest BCUT2D eigenvalue weighted by Gasteiger charge is -2.20. The molecule has 0 aromatic carbocycles. The van der Waals surface area contributed by atoms with Crippen molar-refractivity contribution in [3.05, 3.63) is 0 Å². The number of nitrogens with zero attached hydrogens (tertiary/aromatic N) is 2. The van der Waals surface area contributed by atoms with Gasteiger partial charge in [-0.05, 0) is 26.2 Å². The highest BCUT2D eigenvalue weighted by Gasteiger charge is 2.15. The van der Waals surface area contributed by atoms with Crippen molar-refractivity contribution < 1.29 is 9.53 Å². The number of ether oxygens (including phenoxy) is 1. The van der Waals surface area contributed by atoms with Gasteiger partial charge in [0.05, 0.1) is 6.61 Å². The second kappa shape index (κ2) is 11.4. The molecule has 0 saturated carbocycles. The Kier molecular flexibility index (Phi) is 9.61. The molecular formula is C15H30N4O2. The minimum Gasteiger partial charge on any atom is -0.383 e. The van der Waals surface area contributed by atoms with E-state index in [2.05, 4.69) is 15.6 Å². The summed E-state index contributed by atoms with van der Waals surface area (Å²) in [5.74, 6) is 1.12. The average molecular weight is 298 g/mol. The van der Waals surface area contributed by atoms with Crippen LogP contribution in [0.1, 0.15) is 39.0 Å². The maximum Gasteiger partial charge on any atom is 0.222 e. The number of carbonyl (C=O) groups is 1. The Balaban J connectivity index is 2.27. The van der Waals surface area contributed by atoms with Crippen LogP contribution < -0.4 is 10.6 Å². The first kappa shape index (κ1) is 17.8. The molecule has 2 N–H and O–H groups in total. The quantitative estimate of drug-likeness (QED) is 0.398. The fourth-order valence-corrected chi connectivity index (χ4v) is 2.34. The first-order valence-electron chi connectivity index (χ1n) is 8.06. The highest BCUT2D eigenvalue weighted by Crippen LogP contribution is 2.11. The molecule has 21 heavy (non-hydrogen) atoms. The number of amides is 1. The molecule has 1 rings (SSSR count). The van der Waals surface area contributed by atoms with Gasteiger partial charge in [-0.2, -0.15) is 0 Å². The monoisotopic (exact) mass is 298 g/mol. The Labute approximate surface area is 128 Å². The molecular weight excluding hydrogens is 268 g/mol. The van der Waals surface area contributed by atoms with Gasteiger partial charge in [0, 0.05) is 46.3 Å². The second-order valence-electron chi connectivity index (χ2n) is 5.23. The molecule has 1 heterocycles. The van der Waals surface area contributed by atoms with Gasteiger partial charge in [-0.3, -0.25) is 9.79 Å². The van der Waals surface area contributed by atoms with Gasteiger partial charge in [-0.25, -0.2) is 0 Å². The van der Waals surface area contributed by atoms with E-state index >= 15 is 0 Å². The van der Waals surface area contributed by atoms with Crippen molar-refractivity contribution in [2.75, 3.05) is 46.4 Å². The summed E-state index contributed by atoms with van der Waals surface area (Å²) in [6, 6.07) is 0. The summed E-state index contributed by atoms with van der Waals surface area (Å²) in [7, 11) is 1.68. The molecule has 6 nitrogen and oxygen atoms in total. The van der Waals surface area contributed by atoms with Gasteiger partial charge >= 0.3 is 0 Å². The maximum atomic E-state index is 11.9. The maximum absolute atomic E-state index is 11.9. The Hall–Kier alpha value is -1.30. The topological polar surface area (TPSA) is 66.0 Å². The molecule has 122 valence electrons. The summed E-state index contributed by atoms with van der Waals surface area (Å²) < 4.78 is 5.01. The third kappa shape index (κ3) is 7.90. The zero-order valence-electron chi connectivity index (χ0n) is 13.5. The fourth-order valence-electron chi connectivity index (χ4n) is 2.34. The predicted molar refractivity (Wildman–Crippen MR) is 85.5 cm³/mol. The van der Waals surface area contributed by atoms with E-state index in [0.29, 0.717) is 18.9 Å². The molecule has 0 aliphatic carbocycles. The van der Waals surface area contributed by atoms with Crippen molar-refractivity contribution in [2.45, 2.75) is 39.0 Å². The zero-order chi connectivity index (χ0) is 15.3. The van der Waals surface area contributed by atoms with Crippen LogP contribution in [0.4, 0.5) is 0 Å². The largest absolute Gasteiger partial charge is 0.383 e. The summed E-state index contributed by atoms with van der Waals surface area (Å²) >= 11 is 0. The lowest BCUT2D eigenvalue weighted by molar-refractivity contribution is -0.130. The van der Waals surface area contributed by atoms with Crippen molar-refractivity contribution >= 4 is 11.9 Å². The van der Waals surface area contributed by atoms with Crippen molar-refractivity contribution in [3.63, 3.8) is 0 Å². The Morgan fingerprint density at radius 1 is 1.33 bits per heavy atom. The summed E-state index contributed by atoms with van der Waals surface area (Å²) in [5, 5.41) is 6.41. The molecule has 0 bridgehead atoms. The number of likely N-dealkylation sites (tertiary alicyclic amines) is 1. The van der Waals surface area contributed by atoms with Crippen molar-refractivity contribution in [3.8, 4) is 0 Å². The lowest BCUT2D eigenvalue weighted by atomic mass is 10.2. The molecule has 1 aliphatic heterocycles. The van der Waals surface area contributed by atoms with Crippen LogP contribution >= 0.6 is 0 Å². The molecule has 1 saturated heterocycles. The summed E-state index contributed by atoms with van der Waals surface area (Å²) in [4.78, 5) is 18.4. The number of rotatable bonds is 8. The molecule has 0 aromatic heterocycles. The number of hydrogen-bond donors (Lipinski definition) is 2. The van der Waals surface area contributed by atoms with Crippen LogP contribution in [0.5, 0.6) is 0 Å². The Morgan fingerprint density at radius 2 is 2.19 bits per heavy atom. The molecule has 1 amide bonds. The van der Waals surface area contributed by atoms with Gasteiger partial charge in [0.15, 0.2) is 5.96 Å². The van der Waals surface area contributed by atoms with Crippen LogP contribution in [0.3, 0.4) is 0 Å². The number of nitrogens with one attached hydrogen (secondary N) is 2. The van der Waals surface area contributed by atoms with E-state index in [-0.39, 0.29) is 0 Å². The fraction of sp³-hybridized carbons (Fsp3) is 0.867. The van der Waals surface area contributed by atoms with E-state index < -0.39 is 0 Å². The van der Waals surface area contributed by atoms with Crippen molar-refractivity contribution in [1.29, 1.82) is 0 Å². The molecule has 0 spiro atoms. The second-order valence-corrected chi connectivity index (χ2v) is 5.23. The van der Waals surface area contributed by atoms with Crippen LogP contribution in [0.15, 0.2) is 4.99 Å². The standard InChI is InChI=1S/C15H30N4O2/c1-3-16-15(18-10-13-21-2)17-9-7-12-19-11-6-4-5-8-14(19)20/h3-13H2,1-2H3,(H2,16,17,18). The molecule has 1 fully saturated rings. The van der Waals surface area contributed by atoms with Gasteiger partial charge in [0.1, 0.15) is 0 Å². The summed E-state index contributed by atoms with van der Waals surface area (Å²) in [6.45, 7) is 6.74. The highest BCUT2D eigenvalue weighted by atomic mass is 16.5. The summed E-state index contributed by atoms with van der Waals surface area (Å²) in [5.41, 5.74) is 0. The van der Waals surface area contributed by atoms with E-state index in [1.165, 1.54) is 6.42 Å². The minimum absolute atomic E-state index is 0.307. The molecule has 0 atom stereocenters. The molecule has 0 aromatic rings. The number of hydrogen-bond acceptors (Lipinski definition) is 3. The average Bonchev–Trinajstić information content (AvgIpc) is 2.68. The predicted octanol–water partition coefficient (Wildman–Crippen LogP) is 0.981. The third-order valence-electron chi connectivity index (χ3n) is 3.47. The number of guanidine groups is 1. The SMILES string of the molecule is CCNC(=NCCCN1CCCCCC1=O)NCCOC. The van der Waals surface area contributed by atoms with Crippen LogP contribution in [-0.2, 0) is 9.53 Å². The molecule has 1 aliphatic rings. The number of methoxy groups -OCH3 is 1. The summed E-state index contributed by atoms with van der Waals surface area (Å²) in [6.07, 6.45) is 4.98. The van der Waals surface area contributed by atoms with E-state index in [0.717, 1.165) is 57.9 Å². The van der Waals surface area contributed by atoms with Crippen LogP contribution in [0, 0.1) is 0 Å². The van der Waals surface area contributed by atoms with Crippen LogP contribution in [0.25, 0.3) is 0 Å². The highest BCUT2D eigenvalue weighted by molar-refractivity contribution is 5.79. The van der Waals surface area contributed by atoms with Gasteiger partial charge in [0.25, 0.3) is 0 Å². The van der Waals surface area contributed by atoms with E-state index in [4.69, 9.17) is 4.74 Å². The zero-order valence-corrected chi connectivity index (χ0v) is 13.5.